The summed E-state index contributed by atoms with van der Waals surface area (Å²) in [4.78, 5) is 0. The van der Waals surface area contributed by atoms with Gasteiger partial charge in [-0.05, 0) is 54.3 Å². The Kier molecular flexibility index (Phi) is 7.84. The third kappa shape index (κ3) is 5.77. The van der Waals surface area contributed by atoms with Crippen molar-refractivity contribution < 1.29 is 9.15 Å². The highest BCUT2D eigenvalue weighted by molar-refractivity contribution is 9.10. The standard InChI is InChI=1S/C25H26BrN5O2S/c1-5-12-31-22(14-32-21-13-17(4)6-11-20(21)16(2)3)27-30-25(31)34-15-23-28-29-24(33-23)18-7-9-19(26)10-8-18/h5-11,13,16H,1,12,14-15H2,2-4H3. The second-order valence-corrected chi connectivity index (χ2v) is 9.94. The Balaban J connectivity index is 1.45. The Hall–Kier alpha value is -2.91. The van der Waals surface area contributed by atoms with Gasteiger partial charge in [-0.3, -0.25) is 4.57 Å². The molecule has 2 aromatic heterocycles. The minimum atomic E-state index is 0.318. The van der Waals surface area contributed by atoms with Crippen LogP contribution in [-0.4, -0.2) is 25.0 Å². The maximum absolute atomic E-state index is 6.18. The zero-order valence-electron chi connectivity index (χ0n) is 19.4. The van der Waals surface area contributed by atoms with E-state index in [2.05, 4.69) is 81.9 Å². The number of allylic oxidation sites excluding steroid dienone is 1. The van der Waals surface area contributed by atoms with Gasteiger partial charge in [-0.2, -0.15) is 0 Å². The summed E-state index contributed by atoms with van der Waals surface area (Å²) in [6.45, 7) is 11.1. The van der Waals surface area contributed by atoms with Crippen LogP contribution in [0.4, 0.5) is 0 Å². The molecule has 9 heteroatoms. The van der Waals surface area contributed by atoms with Crippen LogP contribution in [0.5, 0.6) is 5.75 Å². The monoisotopic (exact) mass is 539 g/mol. The van der Waals surface area contributed by atoms with Crippen LogP contribution in [0.1, 0.15) is 42.6 Å². The van der Waals surface area contributed by atoms with Crippen molar-refractivity contribution in [3.63, 3.8) is 0 Å². The van der Waals surface area contributed by atoms with Crippen LogP contribution in [-0.2, 0) is 18.9 Å². The van der Waals surface area contributed by atoms with Crippen LogP contribution in [0.2, 0.25) is 0 Å². The minimum absolute atomic E-state index is 0.318. The highest BCUT2D eigenvalue weighted by Crippen LogP contribution is 2.29. The van der Waals surface area contributed by atoms with E-state index in [1.54, 1.807) is 0 Å². The average molecular weight is 540 g/mol. The lowest BCUT2D eigenvalue weighted by molar-refractivity contribution is 0.285. The maximum Gasteiger partial charge on any atom is 0.247 e. The van der Waals surface area contributed by atoms with Crippen LogP contribution >= 0.6 is 27.7 Å². The van der Waals surface area contributed by atoms with Gasteiger partial charge in [-0.15, -0.1) is 27.0 Å². The average Bonchev–Trinajstić information content (AvgIpc) is 3.44. The van der Waals surface area contributed by atoms with Crippen molar-refractivity contribution in [3.05, 3.63) is 82.4 Å². The zero-order valence-corrected chi connectivity index (χ0v) is 21.8. The van der Waals surface area contributed by atoms with Gasteiger partial charge in [0.15, 0.2) is 11.0 Å². The highest BCUT2D eigenvalue weighted by Gasteiger charge is 2.16. The second kappa shape index (κ2) is 11.0. The van der Waals surface area contributed by atoms with Crippen molar-refractivity contribution in [1.82, 2.24) is 25.0 Å². The van der Waals surface area contributed by atoms with Crippen molar-refractivity contribution in [3.8, 4) is 17.2 Å². The van der Waals surface area contributed by atoms with E-state index in [9.17, 15) is 0 Å². The van der Waals surface area contributed by atoms with Gasteiger partial charge in [0.25, 0.3) is 0 Å². The summed E-state index contributed by atoms with van der Waals surface area (Å²) in [7, 11) is 0. The van der Waals surface area contributed by atoms with E-state index < -0.39 is 0 Å². The summed E-state index contributed by atoms with van der Waals surface area (Å²) < 4.78 is 15.0. The van der Waals surface area contributed by atoms with Gasteiger partial charge in [0.05, 0.1) is 5.75 Å². The molecular formula is C25H26BrN5O2S. The maximum atomic E-state index is 6.18. The van der Waals surface area contributed by atoms with Crippen LogP contribution in [0.15, 0.2) is 69.2 Å². The molecule has 4 rings (SSSR count). The molecule has 0 fully saturated rings. The molecule has 0 saturated carbocycles. The number of ether oxygens (including phenoxy) is 1. The van der Waals surface area contributed by atoms with E-state index in [1.165, 1.54) is 17.3 Å². The Labute approximate surface area is 211 Å². The molecule has 2 aromatic carbocycles. The number of thioether (sulfide) groups is 1. The normalized spacial score (nSPS) is 11.2. The van der Waals surface area contributed by atoms with Crippen molar-refractivity contribution >= 4 is 27.7 Å². The molecule has 4 aromatic rings. The first-order chi connectivity index (χ1) is 16.4. The number of hydrogen-bond donors (Lipinski definition) is 0. The topological polar surface area (TPSA) is 78.9 Å². The Bertz CT molecular complexity index is 1270. The molecule has 7 nitrogen and oxygen atoms in total. The van der Waals surface area contributed by atoms with E-state index in [0.717, 1.165) is 32.3 Å². The number of rotatable bonds is 10. The Morgan fingerprint density at radius 3 is 2.65 bits per heavy atom. The van der Waals surface area contributed by atoms with Crippen LogP contribution in [0.3, 0.4) is 0 Å². The number of halogens is 1. The SMILES string of the molecule is C=CCn1c(COc2cc(C)ccc2C(C)C)nnc1SCc1nnc(-c2ccc(Br)cc2)o1. The minimum Gasteiger partial charge on any atom is -0.485 e. The molecule has 0 spiro atoms. The fraction of sp³-hybridized carbons (Fsp3) is 0.280. The van der Waals surface area contributed by atoms with Crippen molar-refractivity contribution in [2.75, 3.05) is 0 Å². The number of benzene rings is 2. The first kappa shape index (κ1) is 24.2. The highest BCUT2D eigenvalue weighted by atomic mass is 79.9. The Morgan fingerprint density at radius 1 is 1.12 bits per heavy atom. The molecule has 34 heavy (non-hydrogen) atoms. The predicted octanol–water partition coefficient (Wildman–Crippen LogP) is 6.58. The van der Waals surface area contributed by atoms with Crippen LogP contribution < -0.4 is 4.74 Å². The van der Waals surface area contributed by atoms with Crippen molar-refractivity contribution in [2.45, 2.75) is 50.8 Å². The molecular weight excluding hydrogens is 514 g/mol. The molecule has 0 bridgehead atoms. The van der Waals surface area contributed by atoms with Crippen molar-refractivity contribution in [1.29, 1.82) is 0 Å². The molecule has 0 saturated heterocycles. The molecule has 0 aliphatic heterocycles. The molecule has 0 aliphatic carbocycles. The number of aromatic nitrogens is 5. The molecule has 0 amide bonds. The van der Waals surface area contributed by atoms with E-state index in [1.807, 2.05) is 34.9 Å². The first-order valence-corrected chi connectivity index (χ1v) is 12.7. The third-order valence-corrected chi connectivity index (χ3v) is 6.62. The van der Waals surface area contributed by atoms with E-state index in [4.69, 9.17) is 9.15 Å². The summed E-state index contributed by atoms with van der Waals surface area (Å²) in [5, 5.41) is 17.8. The van der Waals surface area contributed by atoms with Gasteiger partial charge in [-0.25, -0.2) is 0 Å². The van der Waals surface area contributed by atoms with E-state index >= 15 is 0 Å². The third-order valence-electron chi connectivity index (χ3n) is 5.14. The molecule has 176 valence electrons. The lowest BCUT2D eigenvalue weighted by atomic mass is 10.0. The molecule has 0 N–H and O–H groups in total. The van der Waals surface area contributed by atoms with Gasteiger partial charge < -0.3 is 9.15 Å². The number of aryl methyl sites for hydroxylation is 1. The molecule has 2 heterocycles. The number of hydrogen-bond acceptors (Lipinski definition) is 7. The summed E-state index contributed by atoms with van der Waals surface area (Å²) in [5.41, 5.74) is 3.20. The summed E-state index contributed by atoms with van der Waals surface area (Å²) >= 11 is 4.92. The van der Waals surface area contributed by atoms with Gasteiger partial charge in [0, 0.05) is 16.6 Å². The van der Waals surface area contributed by atoms with Crippen molar-refractivity contribution in [2.24, 2.45) is 0 Å². The molecule has 0 unspecified atom stereocenters. The fourth-order valence-electron chi connectivity index (χ4n) is 3.38. The Morgan fingerprint density at radius 2 is 1.91 bits per heavy atom. The molecule has 0 radical (unpaired) electrons. The lowest BCUT2D eigenvalue weighted by Crippen LogP contribution is -2.08. The van der Waals surface area contributed by atoms with Crippen LogP contribution in [0.25, 0.3) is 11.5 Å². The van der Waals surface area contributed by atoms with E-state index in [0.29, 0.717) is 36.6 Å². The number of nitrogens with zero attached hydrogens (tertiary/aromatic N) is 5. The van der Waals surface area contributed by atoms with Gasteiger partial charge >= 0.3 is 0 Å². The fourth-order valence-corrected chi connectivity index (χ4v) is 4.45. The quantitative estimate of drug-likeness (QED) is 0.166. The molecule has 0 aliphatic rings. The zero-order chi connectivity index (χ0) is 24.1. The van der Waals surface area contributed by atoms with Gasteiger partial charge in [0.1, 0.15) is 12.4 Å². The summed E-state index contributed by atoms with van der Waals surface area (Å²) in [6, 6.07) is 14.0. The van der Waals surface area contributed by atoms with Crippen LogP contribution in [0, 0.1) is 6.92 Å². The predicted molar refractivity (Wildman–Crippen MR) is 137 cm³/mol. The van der Waals surface area contributed by atoms with Gasteiger partial charge in [0.2, 0.25) is 11.8 Å². The van der Waals surface area contributed by atoms with Gasteiger partial charge in [-0.1, -0.05) is 59.7 Å². The largest absolute Gasteiger partial charge is 0.485 e. The summed E-state index contributed by atoms with van der Waals surface area (Å²) in [5.74, 6) is 3.47. The smallest absolute Gasteiger partial charge is 0.247 e. The second-order valence-electron chi connectivity index (χ2n) is 8.08. The summed E-state index contributed by atoms with van der Waals surface area (Å²) in [6.07, 6.45) is 1.82. The first-order valence-electron chi connectivity index (χ1n) is 10.9. The lowest BCUT2D eigenvalue weighted by Gasteiger charge is -2.15. The van der Waals surface area contributed by atoms with E-state index in [-0.39, 0.29) is 0 Å². The molecule has 0 atom stereocenters.